The number of aromatic amines is 1. The zero-order valence-corrected chi connectivity index (χ0v) is 12.6. The fourth-order valence-electron chi connectivity index (χ4n) is 2.25. The van der Waals surface area contributed by atoms with Crippen molar-refractivity contribution in [2.45, 2.75) is 4.90 Å². The Morgan fingerprint density at radius 3 is 2.41 bits per heavy atom. The molecule has 3 rings (SSSR count). The zero-order chi connectivity index (χ0) is 15.7. The van der Waals surface area contributed by atoms with Crippen molar-refractivity contribution in [3.63, 3.8) is 0 Å². The van der Waals surface area contributed by atoms with Crippen molar-refractivity contribution in [2.24, 2.45) is 0 Å². The summed E-state index contributed by atoms with van der Waals surface area (Å²) in [6.07, 6.45) is 2.85. The molecule has 112 valence electrons. The summed E-state index contributed by atoms with van der Waals surface area (Å²) in [7, 11) is -3.23. The van der Waals surface area contributed by atoms with Crippen LogP contribution < -0.4 is 0 Å². The van der Waals surface area contributed by atoms with E-state index in [1.807, 2.05) is 0 Å². The lowest BCUT2D eigenvalue weighted by Crippen LogP contribution is -1.96. The van der Waals surface area contributed by atoms with E-state index >= 15 is 0 Å². The lowest BCUT2D eigenvalue weighted by molar-refractivity contribution is 0.602. The Balaban J connectivity index is 2.06. The van der Waals surface area contributed by atoms with Crippen molar-refractivity contribution >= 4 is 9.84 Å². The van der Waals surface area contributed by atoms with Crippen LogP contribution in [0.1, 0.15) is 0 Å². The van der Waals surface area contributed by atoms with E-state index in [1.54, 1.807) is 30.5 Å². The van der Waals surface area contributed by atoms with Crippen LogP contribution in [0.5, 0.6) is 0 Å². The molecule has 22 heavy (non-hydrogen) atoms. The van der Waals surface area contributed by atoms with E-state index in [4.69, 9.17) is 0 Å². The van der Waals surface area contributed by atoms with Crippen LogP contribution in [0.3, 0.4) is 0 Å². The fraction of sp³-hybridized carbons (Fsp3) is 0.0625. The standard InChI is InChI=1S/C16H13FN2O2S/c1-22(20,21)14-7-5-11(6-8-14)16-15(10-18-19-16)12-3-2-4-13(17)9-12/h2-10H,1H3,(H,18,19). The molecule has 4 nitrogen and oxygen atoms in total. The van der Waals surface area contributed by atoms with E-state index in [-0.39, 0.29) is 10.7 Å². The number of H-pyrrole nitrogens is 1. The van der Waals surface area contributed by atoms with Gasteiger partial charge in [0, 0.05) is 23.6 Å². The predicted octanol–water partition coefficient (Wildman–Crippen LogP) is 3.29. The van der Waals surface area contributed by atoms with Crippen molar-refractivity contribution < 1.29 is 12.8 Å². The Hall–Kier alpha value is -2.47. The van der Waals surface area contributed by atoms with Crippen LogP contribution >= 0.6 is 0 Å². The van der Waals surface area contributed by atoms with Gasteiger partial charge in [0.1, 0.15) is 5.82 Å². The number of nitrogens with zero attached hydrogens (tertiary/aromatic N) is 1. The summed E-state index contributed by atoms with van der Waals surface area (Å²) in [4.78, 5) is 0.249. The number of nitrogens with one attached hydrogen (secondary N) is 1. The average molecular weight is 316 g/mol. The highest BCUT2D eigenvalue weighted by Gasteiger charge is 2.12. The van der Waals surface area contributed by atoms with Crippen molar-refractivity contribution in [2.75, 3.05) is 6.26 Å². The van der Waals surface area contributed by atoms with E-state index in [2.05, 4.69) is 10.2 Å². The summed E-state index contributed by atoms with van der Waals surface area (Å²) in [5.74, 6) is -0.322. The van der Waals surface area contributed by atoms with Gasteiger partial charge in [-0.05, 0) is 29.8 Å². The van der Waals surface area contributed by atoms with Crippen LogP contribution in [-0.2, 0) is 9.84 Å². The summed E-state index contributed by atoms with van der Waals surface area (Å²) in [5, 5.41) is 6.96. The summed E-state index contributed by atoms with van der Waals surface area (Å²) in [5.41, 5.74) is 2.86. The number of halogens is 1. The van der Waals surface area contributed by atoms with Gasteiger partial charge in [-0.1, -0.05) is 24.3 Å². The van der Waals surface area contributed by atoms with Crippen LogP contribution in [-0.4, -0.2) is 24.9 Å². The molecule has 6 heteroatoms. The van der Waals surface area contributed by atoms with E-state index in [0.29, 0.717) is 11.3 Å². The molecule has 2 aromatic carbocycles. The predicted molar refractivity (Wildman–Crippen MR) is 82.5 cm³/mol. The molecular weight excluding hydrogens is 303 g/mol. The zero-order valence-electron chi connectivity index (χ0n) is 11.7. The van der Waals surface area contributed by atoms with E-state index < -0.39 is 9.84 Å². The lowest BCUT2D eigenvalue weighted by atomic mass is 10.0. The summed E-state index contributed by atoms with van der Waals surface area (Å²) < 4.78 is 36.4. The molecule has 0 aliphatic rings. The highest BCUT2D eigenvalue weighted by Crippen LogP contribution is 2.30. The van der Waals surface area contributed by atoms with Gasteiger partial charge in [-0.15, -0.1) is 0 Å². The molecule has 0 aliphatic carbocycles. The number of hydrogen-bond donors (Lipinski definition) is 1. The second-order valence-electron chi connectivity index (χ2n) is 4.95. The second kappa shape index (κ2) is 5.38. The van der Waals surface area contributed by atoms with Crippen LogP contribution in [0.2, 0.25) is 0 Å². The molecule has 3 aromatic rings. The van der Waals surface area contributed by atoms with Crippen molar-refractivity contribution in [1.29, 1.82) is 0 Å². The minimum Gasteiger partial charge on any atom is -0.284 e. The summed E-state index contributed by atoms with van der Waals surface area (Å²) in [6, 6.07) is 12.7. The Kier molecular flexibility index (Phi) is 3.54. The van der Waals surface area contributed by atoms with E-state index in [1.165, 1.54) is 24.3 Å². The third kappa shape index (κ3) is 2.78. The molecule has 0 saturated heterocycles. The van der Waals surface area contributed by atoms with Gasteiger partial charge >= 0.3 is 0 Å². The molecule has 0 spiro atoms. The van der Waals surface area contributed by atoms with Crippen molar-refractivity contribution in [3.8, 4) is 22.4 Å². The Bertz CT molecular complexity index is 915. The lowest BCUT2D eigenvalue weighted by Gasteiger charge is -2.04. The molecule has 0 aliphatic heterocycles. The SMILES string of the molecule is CS(=O)(=O)c1ccc(-c2n[nH]cc2-c2cccc(F)c2)cc1. The minimum absolute atomic E-state index is 0.249. The third-order valence-electron chi connectivity index (χ3n) is 3.33. The number of aromatic nitrogens is 2. The quantitative estimate of drug-likeness (QED) is 0.806. The fourth-order valence-corrected chi connectivity index (χ4v) is 2.88. The molecule has 0 radical (unpaired) electrons. The first-order chi connectivity index (χ1) is 10.4. The first-order valence-electron chi connectivity index (χ1n) is 6.55. The number of benzene rings is 2. The van der Waals surface area contributed by atoms with E-state index in [0.717, 1.165) is 17.4 Å². The highest BCUT2D eigenvalue weighted by atomic mass is 32.2. The van der Waals surface area contributed by atoms with Gasteiger partial charge in [-0.25, -0.2) is 12.8 Å². The van der Waals surface area contributed by atoms with Gasteiger partial charge < -0.3 is 0 Å². The molecular formula is C16H13FN2O2S. The largest absolute Gasteiger partial charge is 0.284 e. The third-order valence-corrected chi connectivity index (χ3v) is 4.46. The monoisotopic (exact) mass is 316 g/mol. The maximum Gasteiger partial charge on any atom is 0.175 e. The molecule has 1 heterocycles. The van der Waals surface area contributed by atoms with Gasteiger partial charge in [0.25, 0.3) is 0 Å². The van der Waals surface area contributed by atoms with Crippen LogP contribution in [0.25, 0.3) is 22.4 Å². The van der Waals surface area contributed by atoms with Crippen LogP contribution in [0, 0.1) is 5.82 Å². The normalized spacial score (nSPS) is 11.5. The van der Waals surface area contributed by atoms with Crippen molar-refractivity contribution in [3.05, 3.63) is 60.5 Å². The average Bonchev–Trinajstić information content (AvgIpc) is 2.96. The minimum atomic E-state index is -3.23. The molecule has 0 saturated carbocycles. The Morgan fingerprint density at radius 2 is 1.77 bits per heavy atom. The summed E-state index contributed by atoms with van der Waals surface area (Å²) in [6.45, 7) is 0. The molecule has 1 aromatic heterocycles. The molecule has 0 atom stereocenters. The molecule has 0 unspecified atom stereocenters. The molecule has 0 bridgehead atoms. The second-order valence-corrected chi connectivity index (χ2v) is 6.97. The van der Waals surface area contributed by atoms with Gasteiger partial charge in [0.05, 0.1) is 10.6 Å². The Labute approximate surface area is 127 Å². The highest BCUT2D eigenvalue weighted by molar-refractivity contribution is 7.90. The van der Waals surface area contributed by atoms with Gasteiger partial charge in [0.2, 0.25) is 0 Å². The first-order valence-corrected chi connectivity index (χ1v) is 8.44. The number of hydrogen-bond acceptors (Lipinski definition) is 3. The number of rotatable bonds is 3. The maximum atomic E-state index is 13.4. The molecule has 0 fully saturated rings. The number of sulfone groups is 1. The van der Waals surface area contributed by atoms with Crippen LogP contribution in [0.4, 0.5) is 4.39 Å². The topological polar surface area (TPSA) is 62.8 Å². The maximum absolute atomic E-state index is 13.4. The summed E-state index contributed by atoms with van der Waals surface area (Å²) >= 11 is 0. The van der Waals surface area contributed by atoms with Gasteiger partial charge in [-0.2, -0.15) is 5.10 Å². The van der Waals surface area contributed by atoms with Gasteiger partial charge in [0.15, 0.2) is 9.84 Å². The van der Waals surface area contributed by atoms with Crippen molar-refractivity contribution in [1.82, 2.24) is 10.2 Å². The van der Waals surface area contributed by atoms with E-state index in [9.17, 15) is 12.8 Å². The Morgan fingerprint density at radius 1 is 1.05 bits per heavy atom. The molecule has 1 N–H and O–H groups in total. The first kappa shape index (κ1) is 14.5. The smallest absolute Gasteiger partial charge is 0.175 e. The van der Waals surface area contributed by atoms with Gasteiger partial charge in [-0.3, -0.25) is 5.10 Å². The van der Waals surface area contributed by atoms with Crippen LogP contribution in [0.15, 0.2) is 59.6 Å². The molecule has 0 amide bonds.